The van der Waals surface area contributed by atoms with Crippen LogP contribution < -0.4 is 4.74 Å². The number of para-hydroxylation sites is 1. The Kier molecular flexibility index (Phi) is 4.67. The fourth-order valence-electron chi connectivity index (χ4n) is 3.28. The molecule has 0 unspecified atom stereocenters. The summed E-state index contributed by atoms with van der Waals surface area (Å²) in [7, 11) is 2.93. The Balaban J connectivity index is 2.07. The first kappa shape index (κ1) is 18.2. The van der Waals surface area contributed by atoms with Gasteiger partial charge in [-0.3, -0.25) is 0 Å². The number of benzene rings is 2. The van der Waals surface area contributed by atoms with E-state index in [2.05, 4.69) is 16.0 Å². The van der Waals surface area contributed by atoms with Gasteiger partial charge in [0.25, 0.3) is 0 Å². The van der Waals surface area contributed by atoms with Crippen molar-refractivity contribution in [1.29, 1.82) is 5.26 Å². The highest BCUT2D eigenvalue weighted by Gasteiger charge is 2.20. The van der Waals surface area contributed by atoms with E-state index in [9.17, 15) is 10.1 Å². The Hall–Kier alpha value is -4.18. The summed E-state index contributed by atoms with van der Waals surface area (Å²) in [6.07, 6.45) is 3.08. The van der Waals surface area contributed by atoms with E-state index in [1.165, 1.54) is 13.4 Å². The first-order chi connectivity index (χ1) is 14.2. The Labute approximate surface area is 166 Å². The highest BCUT2D eigenvalue weighted by molar-refractivity contribution is 5.98. The second kappa shape index (κ2) is 7.44. The third-order valence-corrected chi connectivity index (χ3v) is 4.61. The molecule has 2 aromatic carbocycles. The van der Waals surface area contributed by atoms with Crippen molar-refractivity contribution in [1.82, 2.24) is 14.5 Å². The van der Waals surface area contributed by atoms with Gasteiger partial charge in [0, 0.05) is 11.8 Å². The molecule has 0 saturated carbocycles. The predicted molar refractivity (Wildman–Crippen MR) is 107 cm³/mol. The minimum atomic E-state index is -0.472. The number of aromatic nitrogens is 3. The smallest absolute Gasteiger partial charge is 0.339 e. The number of ether oxygens (including phenoxy) is 2. The highest BCUT2D eigenvalue weighted by atomic mass is 16.5. The fraction of sp³-hybridized carbons (Fsp3) is 0.0909. The zero-order valence-electron chi connectivity index (χ0n) is 15.8. The molecule has 2 aromatic heterocycles. The van der Waals surface area contributed by atoms with Gasteiger partial charge in [-0.05, 0) is 24.3 Å². The van der Waals surface area contributed by atoms with Gasteiger partial charge in [0.15, 0.2) is 0 Å². The Morgan fingerprint density at radius 2 is 1.93 bits per heavy atom. The van der Waals surface area contributed by atoms with Crippen LogP contribution >= 0.6 is 0 Å². The average Bonchev–Trinajstić information content (AvgIpc) is 3.17. The molecule has 0 spiro atoms. The van der Waals surface area contributed by atoms with Crippen molar-refractivity contribution in [2.75, 3.05) is 14.2 Å². The monoisotopic (exact) mass is 384 g/mol. The largest absolute Gasteiger partial charge is 0.497 e. The summed E-state index contributed by atoms with van der Waals surface area (Å²) in [4.78, 5) is 21.1. The van der Waals surface area contributed by atoms with Crippen LogP contribution in [-0.2, 0) is 4.74 Å². The van der Waals surface area contributed by atoms with Crippen LogP contribution in [0.4, 0.5) is 0 Å². The number of hydrogen-bond acceptors (Lipinski definition) is 6. The van der Waals surface area contributed by atoms with E-state index < -0.39 is 5.97 Å². The molecule has 0 bridgehead atoms. The van der Waals surface area contributed by atoms with Gasteiger partial charge in [-0.1, -0.05) is 24.3 Å². The molecule has 0 atom stereocenters. The molecule has 2 heterocycles. The second-order valence-electron chi connectivity index (χ2n) is 6.18. The number of esters is 1. The number of carbonyl (C=O) groups excluding carboxylic acids is 1. The van der Waals surface area contributed by atoms with Crippen LogP contribution in [0.5, 0.6) is 5.75 Å². The van der Waals surface area contributed by atoms with E-state index in [1.807, 2.05) is 30.3 Å². The molecule has 7 heteroatoms. The molecule has 29 heavy (non-hydrogen) atoms. The van der Waals surface area contributed by atoms with Crippen molar-refractivity contribution in [2.24, 2.45) is 0 Å². The summed E-state index contributed by atoms with van der Waals surface area (Å²) < 4.78 is 12.0. The average molecular weight is 384 g/mol. The minimum Gasteiger partial charge on any atom is -0.497 e. The first-order valence-corrected chi connectivity index (χ1v) is 8.76. The van der Waals surface area contributed by atoms with Crippen molar-refractivity contribution in [3.05, 3.63) is 72.2 Å². The van der Waals surface area contributed by atoms with Gasteiger partial charge in [-0.15, -0.1) is 0 Å². The number of nitrogens with zero attached hydrogens (tertiary/aromatic N) is 4. The van der Waals surface area contributed by atoms with Crippen LogP contribution in [0.15, 0.2) is 61.1 Å². The third-order valence-electron chi connectivity index (χ3n) is 4.61. The number of fused-ring (bicyclic) bond motifs is 1. The SMILES string of the molecule is COC(=O)c1ccccc1-n1cc(C#N)c2ncnc(-c3cccc(OC)c3)c21. The maximum absolute atomic E-state index is 12.3. The summed E-state index contributed by atoms with van der Waals surface area (Å²) in [5.74, 6) is 0.212. The van der Waals surface area contributed by atoms with Crippen LogP contribution in [-0.4, -0.2) is 34.7 Å². The van der Waals surface area contributed by atoms with E-state index in [4.69, 9.17) is 9.47 Å². The van der Waals surface area contributed by atoms with Crippen molar-refractivity contribution >= 4 is 17.0 Å². The van der Waals surface area contributed by atoms with Crippen LogP contribution in [0, 0.1) is 11.3 Å². The first-order valence-electron chi connectivity index (χ1n) is 8.76. The molecular formula is C22H16N4O3. The molecular weight excluding hydrogens is 368 g/mol. The van der Waals surface area contributed by atoms with Gasteiger partial charge in [0.1, 0.15) is 23.7 Å². The summed E-state index contributed by atoms with van der Waals surface area (Å²) >= 11 is 0. The standard InChI is InChI=1S/C22H16N4O3/c1-28-16-7-5-6-14(10-16)19-21-20(25-13-24-19)15(11-23)12-26(21)18-9-4-3-8-17(18)22(27)29-2/h3-10,12-13H,1-2H3. The molecule has 0 aliphatic rings. The van der Waals surface area contributed by atoms with Gasteiger partial charge in [-0.2, -0.15) is 5.26 Å². The third kappa shape index (κ3) is 3.07. The number of rotatable bonds is 4. The van der Waals surface area contributed by atoms with Gasteiger partial charge in [-0.25, -0.2) is 14.8 Å². The van der Waals surface area contributed by atoms with Crippen molar-refractivity contribution in [2.45, 2.75) is 0 Å². The lowest BCUT2D eigenvalue weighted by Crippen LogP contribution is -2.07. The lowest BCUT2D eigenvalue weighted by Gasteiger charge is -2.12. The topological polar surface area (TPSA) is 90.0 Å². The van der Waals surface area contributed by atoms with Crippen molar-refractivity contribution in [3.63, 3.8) is 0 Å². The van der Waals surface area contributed by atoms with Crippen LogP contribution in [0.3, 0.4) is 0 Å². The lowest BCUT2D eigenvalue weighted by molar-refractivity contribution is 0.0601. The maximum Gasteiger partial charge on any atom is 0.339 e. The minimum absolute atomic E-state index is 0.372. The van der Waals surface area contributed by atoms with Crippen LogP contribution in [0.2, 0.25) is 0 Å². The van der Waals surface area contributed by atoms with E-state index in [-0.39, 0.29) is 0 Å². The molecule has 0 radical (unpaired) electrons. The molecule has 0 aliphatic heterocycles. The lowest BCUT2D eigenvalue weighted by atomic mass is 10.1. The Morgan fingerprint density at radius 1 is 1.10 bits per heavy atom. The fourth-order valence-corrected chi connectivity index (χ4v) is 3.28. The van der Waals surface area contributed by atoms with E-state index >= 15 is 0 Å². The van der Waals surface area contributed by atoms with Gasteiger partial charge >= 0.3 is 5.97 Å². The zero-order chi connectivity index (χ0) is 20.4. The Bertz CT molecular complexity index is 1270. The molecule has 0 aliphatic carbocycles. The molecule has 0 amide bonds. The van der Waals surface area contributed by atoms with E-state index in [1.54, 1.807) is 36.1 Å². The quantitative estimate of drug-likeness (QED) is 0.498. The molecule has 142 valence electrons. The zero-order valence-corrected chi connectivity index (χ0v) is 15.8. The van der Waals surface area contributed by atoms with Gasteiger partial charge < -0.3 is 14.0 Å². The van der Waals surface area contributed by atoms with Gasteiger partial charge in [0.2, 0.25) is 0 Å². The summed E-state index contributed by atoms with van der Waals surface area (Å²) in [6.45, 7) is 0. The maximum atomic E-state index is 12.3. The van der Waals surface area contributed by atoms with Crippen LogP contribution in [0.1, 0.15) is 15.9 Å². The number of carbonyl (C=O) groups is 1. The molecule has 7 nitrogen and oxygen atoms in total. The van der Waals surface area contributed by atoms with Crippen molar-refractivity contribution < 1.29 is 14.3 Å². The number of methoxy groups -OCH3 is 2. The highest BCUT2D eigenvalue weighted by Crippen LogP contribution is 2.33. The molecule has 4 rings (SSSR count). The van der Waals surface area contributed by atoms with E-state index in [0.717, 1.165) is 5.56 Å². The molecule has 0 saturated heterocycles. The van der Waals surface area contributed by atoms with Crippen molar-refractivity contribution in [3.8, 4) is 28.8 Å². The summed E-state index contributed by atoms with van der Waals surface area (Å²) in [5.41, 5.74) is 3.87. The van der Waals surface area contributed by atoms with Crippen LogP contribution in [0.25, 0.3) is 28.0 Å². The number of hydrogen-bond donors (Lipinski definition) is 0. The van der Waals surface area contributed by atoms with E-state index in [0.29, 0.717) is 39.3 Å². The summed E-state index contributed by atoms with van der Waals surface area (Å²) in [6, 6.07) is 16.7. The summed E-state index contributed by atoms with van der Waals surface area (Å²) in [5, 5.41) is 9.63. The molecule has 4 aromatic rings. The molecule has 0 fully saturated rings. The normalized spacial score (nSPS) is 10.5. The molecule has 0 N–H and O–H groups in total. The number of nitriles is 1. The Morgan fingerprint density at radius 3 is 2.69 bits per heavy atom. The van der Waals surface area contributed by atoms with Gasteiger partial charge in [0.05, 0.1) is 42.2 Å². The second-order valence-corrected chi connectivity index (χ2v) is 6.18. The predicted octanol–water partition coefficient (Wildman–Crippen LogP) is 3.75.